The Morgan fingerprint density at radius 2 is 2.05 bits per heavy atom. The number of rotatable bonds is 6. The van der Waals surface area contributed by atoms with Gasteiger partial charge in [-0.3, -0.25) is 4.79 Å². The molecule has 2 aromatic rings. The van der Waals surface area contributed by atoms with Crippen molar-refractivity contribution in [3.05, 3.63) is 30.3 Å². The average Bonchev–Trinajstić information content (AvgIpc) is 2.96. The van der Waals surface area contributed by atoms with Crippen LogP contribution in [0.1, 0.15) is 26.3 Å². The lowest BCUT2D eigenvalue weighted by Gasteiger charge is -2.11. The first kappa shape index (κ1) is 15.1. The minimum absolute atomic E-state index is 0.0646. The Kier molecular flexibility index (Phi) is 4.99. The highest BCUT2D eigenvalue weighted by Gasteiger charge is 2.18. The van der Waals surface area contributed by atoms with Gasteiger partial charge in [0.05, 0.1) is 0 Å². The van der Waals surface area contributed by atoms with Gasteiger partial charge in [-0.15, -0.1) is 10.2 Å². The van der Waals surface area contributed by atoms with E-state index in [1.165, 1.54) is 4.80 Å². The van der Waals surface area contributed by atoms with Crippen molar-refractivity contribution in [2.24, 2.45) is 5.73 Å². The molecule has 0 fully saturated rings. The summed E-state index contributed by atoms with van der Waals surface area (Å²) in [5.41, 5.74) is 6.51. The topological polar surface area (TPSA) is 98.7 Å². The maximum absolute atomic E-state index is 12.0. The van der Waals surface area contributed by atoms with E-state index in [1.807, 2.05) is 37.3 Å². The van der Waals surface area contributed by atoms with Crippen LogP contribution in [0.2, 0.25) is 0 Å². The third-order valence-electron chi connectivity index (χ3n) is 3.09. The molecule has 0 spiro atoms. The fraction of sp³-hybridized carbons (Fsp3) is 0.429. The molecule has 0 saturated heterocycles. The number of nitrogens with two attached hydrogens (primary N) is 1. The normalized spacial score (nSPS) is 13.7. The summed E-state index contributed by atoms with van der Waals surface area (Å²) in [5.74, 6) is 0.360. The van der Waals surface area contributed by atoms with Crippen LogP contribution in [-0.2, 0) is 4.79 Å². The van der Waals surface area contributed by atoms with E-state index in [0.717, 1.165) is 12.0 Å². The molecule has 7 heteroatoms. The van der Waals surface area contributed by atoms with Crippen molar-refractivity contribution in [2.75, 3.05) is 6.54 Å². The molecule has 0 radical (unpaired) electrons. The zero-order chi connectivity index (χ0) is 15.2. The third kappa shape index (κ3) is 4.09. The lowest BCUT2D eigenvalue weighted by Crippen LogP contribution is -2.34. The van der Waals surface area contributed by atoms with Gasteiger partial charge in [0.2, 0.25) is 11.7 Å². The molecular formula is C14H20N6O. The van der Waals surface area contributed by atoms with Gasteiger partial charge in [-0.25, -0.2) is 0 Å². The molecule has 1 aromatic carbocycles. The van der Waals surface area contributed by atoms with Gasteiger partial charge >= 0.3 is 0 Å². The summed E-state index contributed by atoms with van der Waals surface area (Å²) in [4.78, 5) is 13.3. The van der Waals surface area contributed by atoms with Crippen LogP contribution in [0.15, 0.2) is 30.3 Å². The molecule has 112 valence electrons. The Balaban J connectivity index is 1.99. The van der Waals surface area contributed by atoms with E-state index in [1.54, 1.807) is 6.92 Å². The predicted octanol–water partition coefficient (Wildman–Crippen LogP) is 0.755. The fourth-order valence-corrected chi connectivity index (χ4v) is 1.77. The minimum Gasteiger partial charge on any atom is -0.354 e. The summed E-state index contributed by atoms with van der Waals surface area (Å²) >= 11 is 0. The highest BCUT2D eigenvalue weighted by atomic mass is 16.2. The molecule has 0 saturated carbocycles. The van der Waals surface area contributed by atoms with Crippen LogP contribution in [0.3, 0.4) is 0 Å². The van der Waals surface area contributed by atoms with E-state index < -0.39 is 6.04 Å². The molecular weight excluding hydrogens is 268 g/mol. The zero-order valence-corrected chi connectivity index (χ0v) is 12.2. The highest BCUT2D eigenvalue weighted by molar-refractivity contribution is 5.79. The van der Waals surface area contributed by atoms with Crippen LogP contribution >= 0.6 is 0 Å². The van der Waals surface area contributed by atoms with Gasteiger partial charge in [-0.2, -0.15) is 4.80 Å². The number of benzene rings is 1. The molecule has 7 nitrogen and oxygen atoms in total. The van der Waals surface area contributed by atoms with Crippen molar-refractivity contribution < 1.29 is 4.79 Å². The number of nitrogens with zero attached hydrogens (tertiary/aromatic N) is 4. The number of nitrogens with one attached hydrogen (secondary N) is 1. The standard InChI is InChI=1S/C14H20N6O/c1-10(15)8-9-16-14(21)11(2)20-18-13(17-19-20)12-6-4-3-5-7-12/h3-7,10-11H,8-9,15H2,1-2H3,(H,16,21). The highest BCUT2D eigenvalue weighted by Crippen LogP contribution is 2.13. The van der Waals surface area contributed by atoms with E-state index >= 15 is 0 Å². The van der Waals surface area contributed by atoms with E-state index in [2.05, 4.69) is 20.7 Å². The maximum Gasteiger partial charge on any atom is 0.246 e. The molecule has 3 N–H and O–H groups in total. The van der Waals surface area contributed by atoms with E-state index in [9.17, 15) is 4.79 Å². The van der Waals surface area contributed by atoms with Crippen LogP contribution < -0.4 is 11.1 Å². The lowest BCUT2D eigenvalue weighted by atomic mass is 10.2. The second-order valence-corrected chi connectivity index (χ2v) is 5.03. The van der Waals surface area contributed by atoms with Crippen LogP contribution in [0.25, 0.3) is 11.4 Å². The molecule has 1 aromatic heterocycles. The maximum atomic E-state index is 12.0. The van der Waals surface area contributed by atoms with Gasteiger partial charge in [0.1, 0.15) is 6.04 Å². The van der Waals surface area contributed by atoms with Gasteiger partial charge in [0.15, 0.2) is 0 Å². The van der Waals surface area contributed by atoms with Crippen molar-refractivity contribution in [1.82, 2.24) is 25.5 Å². The number of hydrogen-bond acceptors (Lipinski definition) is 5. The molecule has 2 unspecified atom stereocenters. The van der Waals surface area contributed by atoms with Crippen molar-refractivity contribution in [2.45, 2.75) is 32.4 Å². The predicted molar refractivity (Wildman–Crippen MR) is 79.2 cm³/mol. The lowest BCUT2D eigenvalue weighted by molar-refractivity contribution is -0.124. The second-order valence-electron chi connectivity index (χ2n) is 5.03. The van der Waals surface area contributed by atoms with Crippen LogP contribution in [0.5, 0.6) is 0 Å². The molecule has 21 heavy (non-hydrogen) atoms. The number of amides is 1. The summed E-state index contributed by atoms with van der Waals surface area (Å²) in [6, 6.07) is 9.07. The van der Waals surface area contributed by atoms with E-state index in [4.69, 9.17) is 5.73 Å². The largest absolute Gasteiger partial charge is 0.354 e. The third-order valence-corrected chi connectivity index (χ3v) is 3.09. The molecule has 1 amide bonds. The van der Waals surface area contributed by atoms with Gasteiger partial charge in [0, 0.05) is 18.2 Å². The summed E-state index contributed by atoms with van der Waals surface area (Å²) in [5, 5.41) is 15.0. The first-order chi connectivity index (χ1) is 10.1. The number of aromatic nitrogens is 4. The first-order valence-electron chi connectivity index (χ1n) is 6.96. The second kappa shape index (κ2) is 6.94. The number of tetrazole rings is 1. The number of carbonyl (C=O) groups is 1. The minimum atomic E-state index is -0.511. The monoisotopic (exact) mass is 288 g/mol. The first-order valence-corrected chi connectivity index (χ1v) is 6.96. The summed E-state index contributed by atoms with van der Waals surface area (Å²) in [6.07, 6.45) is 0.735. The Morgan fingerprint density at radius 3 is 2.71 bits per heavy atom. The fourth-order valence-electron chi connectivity index (χ4n) is 1.77. The van der Waals surface area contributed by atoms with E-state index in [0.29, 0.717) is 12.4 Å². The average molecular weight is 288 g/mol. The Bertz CT molecular complexity index is 580. The Labute approximate surface area is 123 Å². The SMILES string of the molecule is CC(N)CCNC(=O)C(C)n1nnc(-c2ccccc2)n1. The molecule has 0 aliphatic heterocycles. The molecule has 2 rings (SSSR count). The smallest absolute Gasteiger partial charge is 0.246 e. The van der Waals surface area contributed by atoms with Crippen molar-refractivity contribution in [3.63, 3.8) is 0 Å². The van der Waals surface area contributed by atoms with Gasteiger partial charge < -0.3 is 11.1 Å². The van der Waals surface area contributed by atoms with E-state index in [-0.39, 0.29) is 11.9 Å². The molecule has 0 aliphatic rings. The van der Waals surface area contributed by atoms with Crippen LogP contribution in [0.4, 0.5) is 0 Å². The number of hydrogen-bond donors (Lipinski definition) is 2. The van der Waals surface area contributed by atoms with Crippen molar-refractivity contribution in [1.29, 1.82) is 0 Å². The number of carbonyl (C=O) groups excluding carboxylic acids is 1. The Morgan fingerprint density at radius 1 is 1.33 bits per heavy atom. The van der Waals surface area contributed by atoms with Crippen LogP contribution in [-0.4, -0.2) is 38.7 Å². The Hall–Kier alpha value is -2.28. The summed E-state index contributed by atoms with van der Waals surface area (Å²) in [6.45, 7) is 4.18. The molecule has 2 atom stereocenters. The molecule has 0 aliphatic carbocycles. The van der Waals surface area contributed by atoms with Crippen molar-refractivity contribution in [3.8, 4) is 11.4 Å². The van der Waals surface area contributed by atoms with Gasteiger partial charge in [-0.1, -0.05) is 30.3 Å². The van der Waals surface area contributed by atoms with Crippen LogP contribution in [0, 0.1) is 0 Å². The summed E-state index contributed by atoms with van der Waals surface area (Å²) in [7, 11) is 0. The zero-order valence-electron chi connectivity index (χ0n) is 12.2. The van der Waals surface area contributed by atoms with Gasteiger partial charge in [-0.05, 0) is 25.5 Å². The van der Waals surface area contributed by atoms with Gasteiger partial charge in [0.25, 0.3) is 0 Å². The molecule has 0 bridgehead atoms. The quantitative estimate of drug-likeness (QED) is 0.817. The summed E-state index contributed by atoms with van der Waals surface area (Å²) < 4.78 is 0. The van der Waals surface area contributed by atoms with Crippen molar-refractivity contribution >= 4 is 5.91 Å². The molecule has 1 heterocycles.